The number of hydrogen-bond donors (Lipinski definition) is 2. The molecule has 4 nitrogen and oxygen atoms in total. The van der Waals surface area contributed by atoms with E-state index in [-0.39, 0.29) is 11.9 Å². The lowest BCUT2D eigenvalue weighted by Gasteiger charge is -2.31. The van der Waals surface area contributed by atoms with Gasteiger partial charge in [-0.3, -0.25) is 4.79 Å². The van der Waals surface area contributed by atoms with Crippen molar-refractivity contribution in [2.75, 3.05) is 25.0 Å². The van der Waals surface area contributed by atoms with Crippen LogP contribution in [0.1, 0.15) is 30.1 Å². The Hall–Kier alpha value is -2.12. The molecule has 0 atom stereocenters. The highest BCUT2D eigenvalue weighted by Gasteiger charge is 2.21. The normalized spacial score (nSPS) is 15.6. The summed E-state index contributed by atoms with van der Waals surface area (Å²) >= 11 is 0.514. The molecular weight excluding hydrogens is 380 g/mol. The van der Waals surface area contributed by atoms with E-state index in [0.717, 1.165) is 38.2 Å². The van der Waals surface area contributed by atoms with Gasteiger partial charge in [0.15, 0.2) is 0 Å². The van der Waals surface area contributed by atoms with Crippen LogP contribution in [0.2, 0.25) is 0 Å². The fraction of sp³-hybridized carbons (Fsp3) is 0.381. The van der Waals surface area contributed by atoms with Crippen LogP contribution >= 0.6 is 11.8 Å². The van der Waals surface area contributed by atoms with E-state index in [2.05, 4.69) is 22.5 Å². The van der Waals surface area contributed by atoms with Crippen molar-refractivity contribution in [2.45, 2.75) is 36.5 Å². The Kier molecular flexibility index (Phi) is 7.28. The third-order valence-electron chi connectivity index (χ3n) is 4.90. The summed E-state index contributed by atoms with van der Waals surface area (Å²) in [6.07, 6.45) is 1.91. The molecule has 0 aliphatic carbocycles. The summed E-state index contributed by atoms with van der Waals surface area (Å²) in [5.74, 6) is -2.53. The van der Waals surface area contributed by atoms with Crippen LogP contribution in [0, 0.1) is 0 Å². The van der Waals surface area contributed by atoms with Gasteiger partial charge in [-0.05, 0) is 55.8 Å². The fourth-order valence-corrected chi connectivity index (χ4v) is 3.82. The number of piperidine rings is 1. The van der Waals surface area contributed by atoms with Crippen molar-refractivity contribution in [3.05, 3.63) is 54.1 Å². The van der Waals surface area contributed by atoms with E-state index >= 15 is 0 Å². The molecule has 1 saturated heterocycles. The maximum atomic E-state index is 12.8. The van der Waals surface area contributed by atoms with Crippen molar-refractivity contribution in [2.24, 2.45) is 0 Å². The van der Waals surface area contributed by atoms with Crippen molar-refractivity contribution in [1.29, 1.82) is 0 Å². The molecule has 1 aliphatic rings. The number of likely N-dealkylation sites (tertiary alicyclic amines) is 1. The maximum Gasteiger partial charge on any atom is 0.288 e. The molecule has 0 aromatic heterocycles. The van der Waals surface area contributed by atoms with Crippen molar-refractivity contribution in [3.8, 4) is 0 Å². The quantitative estimate of drug-likeness (QED) is 0.639. The first-order valence-corrected chi connectivity index (χ1v) is 10.4. The Labute approximate surface area is 168 Å². The van der Waals surface area contributed by atoms with Gasteiger partial charge in [-0.1, -0.05) is 30.8 Å². The Morgan fingerprint density at radius 2 is 1.82 bits per heavy atom. The molecule has 0 spiro atoms. The molecule has 1 fully saturated rings. The van der Waals surface area contributed by atoms with E-state index in [4.69, 9.17) is 0 Å². The molecule has 28 heavy (non-hydrogen) atoms. The molecule has 0 unspecified atom stereocenters. The number of hydrogen-bond acceptors (Lipinski definition) is 4. The second-order valence-corrected chi connectivity index (χ2v) is 7.82. The third-order valence-corrected chi connectivity index (χ3v) is 5.62. The number of nitrogens with zero attached hydrogens (tertiary/aromatic N) is 1. The molecule has 0 radical (unpaired) electrons. The van der Waals surface area contributed by atoms with Crippen molar-refractivity contribution in [1.82, 2.24) is 10.2 Å². The molecular formula is C21H25F2N3OS. The first-order chi connectivity index (χ1) is 13.5. The predicted molar refractivity (Wildman–Crippen MR) is 111 cm³/mol. The van der Waals surface area contributed by atoms with Gasteiger partial charge in [0.1, 0.15) is 0 Å². The first kappa shape index (κ1) is 20.6. The number of alkyl halides is 2. The average Bonchev–Trinajstić information content (AvgIpc) is 2.70. The van der Waals surface area contributed by atoms with E-state index in [0.29, 0.717) is 27.9 Å². The molecule has 7 heteroatoms. The summed E-state index contributed by atoms with van der Waals surface area (Å²) in [5, 5.41) is 6.37. The minimum absolute atomic E-state index is 0.0945. The van der Waals surface area contributed by atoms with Gasteiger partial charge < -0.3 is 15.5 Å². The Morgan fingerprint density at radius 3 is 2.46 bits per heavy atom. The van der Waals surface area contributed by atoms with Crippen LogP contribution in [-0.2, 0) is 0 Å². The third kappa shape index (κ3) is 5.69. The summed E-state index contributed by atoms with van der Waals surface area (Å²) in [6, 6.07) is 14.3. The van der Waals surface area contributed by atoms with E-state index < -0.39 is 5.76 Å². The van der Waals surface area contributed by atoms with Crippen LogP contribution in [0.15, 0.2) is 53.4 Å². The van der Waals surface area contributed by atoms with Crippen molar-refractivity contribution in [3.63, 3.8) is 0 Å². The highest BCUT2D eigenvalue weighted by Crippen LogP contribution is 2.28. The summed E-state index contributed by atoms with van der Waals surface area (Å²) in [6.45, 7) is 5.20. The fourth-order valence-electron chi connectivity index (χ4n) is 3.32. The number of carbonyl (C=O) groups is 1. The second-order valence-electron chi connectivity index (χ2n) is 6.76. The van der Waals surface area contributed by atoms with Crippen LogP contribution < -0.4 is 10.6 Å². The molecule has 1 amide bonds. The summed E-state index contributed by atoms with van der Waals surface area (Å²) < 4.78 is 24.9. The zero-order valence-electron chi connectivity index (χ0n) is 15.8. The number of benzene rings is 2. The summed E-state index contributed by atoms with van der Waals surface area (Å²) in [7, 11) is 0. The van der Waals surface area contributed by atoms with Crippen molar-refractivity contribution >= 4 is 29.0 Å². The number of amides is 1. The number of thioether (sulfide) groups is 1. The van der Waals surface area contributed by atoms with Crippen LogP contribution in [-0.4, -0.2) is 42.2 Å². The lowest BCUT2D eigenvalue weighted by molar-refractivity contribution is 0.0913. The maximum absolute atomic E-state index is 12.8. The Morgan fingerprint density at radius 1 is 1.14 bits per heavy atom. The van der Waals surface area contributed by atoms with Gasteiger partial charge in [0.05, 0.1) is 11.3 Å². The number of halogens is 2. The van der Waals surface area contributed by atoms with Gasteiger partial charge in [-0.15, -0.1) is 0 Å². The first-order valence-electron chi connectivity index (χ1n) is 9.49. The molecule has 2 aromatic carbocycles. The lowest BCUT2D eigenvalue weighted by atomic mass is 10.0. The molecule has 0 saturated carbocycles. The molecule has 150 valence electrons. The van der Waals surface area contributed by atoms with Gasteiger partial charge in [-0.2, -0.15) is 8.78 Å². The molecule has 2 aromatic rings. The highest BCUT2D eigenvalue weighted by molar-refractivity contribution is 7.99. The smallest absolute Gasteiger partial charge is 0.288 e. The van der Waals surface area contributed by atoms with E-state index in [1.807, 2.05) is 18.2 Å². The second kappa shape index (κ2) is 9.89. The number of nitrogens with one attached hydrogen (secondary N) is 2. The van der Waals surface area contributed by atoms with Crippen molar-refractivity contribution < 1.29 is 13.6 Å². The van der Waals surface area contributed by atoms with Gasteiger partial charge in [0, 0.05) is 29.7 Å². The van der Waals surface area contributed by atoms with Gasteiger partial charge >= 0.3 is 0 Å². The topological polar surface area (TPSA) is 44.4 Å². The van der Waals surface area contributed by atoms with Gasteiger partial charge in [-0.25, -0.2) is 0 Å². The minimum atomic E-state index is -2.44. The molecule has 2 N–H and O–H groups in total. The zero-order valence-corrected chi connectivity index (χ0v) is 16.6. The number of carbonyl (C=O) groups excluding carboxylic acids is 1. The van der Waals surface area contributed by atoms with E-state index in [1.54, 1.807) is 30.3 Å². The zero-order chi connectivity index (χ0) is 19.9. The molecule has 0 bridgehead atoms. The number of anilines is 2. The molecule has 3 rings (SSSR count). The van der Waals surface area contributed by atoms with E-state index in [1.165, 1.54) is 0 Å². The predicted octanol–water partition coefficient (Wildman–Crippen LogP) is 4.96. The van der Waals surface area contributed by atoms with Crippen LogP contribution in [0.25, 0.3) is 0 Å². The summed E-state index contributed by atoms with van der Waals surface area (Å²) in [4.78, 5) is 15.7. The average molecular weight is 406 g/mol. The largest absolute Gasteiger partial charge is 0.355 e. The summed E-state index contributed by atoms with van der Waals surface area (Å²) in [5.41, 5.74) is 2.02. The SMILES string of the molecule is CCN1CCC(NC(=O)c2ccccc2Nc2ccc(SC(F)F)cc2)CC1. The number of para-hydroxylation sites is 1. The molecule has 1 heterocycles. The van der Waals surface area contributed by atoms with Crippen LogP contribution in [0.5, 0.6) is 0 Å². The minimum Gasteiger partial charge on any atom is -0.355 e. The highest BCUT2D eigenvalue weighted by atomic mass is 32.2. The Bertz CT molecular complexity index is 777. The van der Waals surface area contributed by atoms with Gasteiger partial charge in [0.2, 0.25) is 0 Å². The molecule has 1 aliphatic heterocycles. The van der Waals surface area contributed by atoms with Crippen LogP contribution in [0.3, 0.4) is 0 Å². The Balaban J connectivity index is 1.65. The number of rotatable bonds is 7. The standard InChI is InChI=1S/C21H25F2N3OS/c1-2-26-13-11-16(12-14-26)25-20(27)18-5-3-4-6-19(18)24-15-7-9-17(10-8-15)28-21(22)23/h3-10,16,21,24H,2,11-14H2,1H3,(H,25,27). The lowest BCUT2D eigenvalue weighted by Crippen LogP contribution is -2.44. The van der Waals surface area contributed by atoms with Crippen LogP contribution in [0.4, 0.5) is 20.2 Å². The monoisotopic (exact) mass is 405 g/mol. The van der Waals surface area contributed by atoms with Gasteiger partial charge in [0.25, 0.3) is 11.7 Å². The van der Waals surface area contributed by atoms with E-state index in [9.17, 15) is 13.6 Å².